The highest BCUT2D eigenvalue weighted by Gasteiger charge is 2.32. The quantitative estimate of drug-likeness (QED) is 0.896. The van der Waals surface area contributed by atoms with E-state index in [4.69, 9.17) is 17.3 Å². The molecule has 0 spiro atoms. The second-order valence-corrected chi connectivity index (χ2v) is 5.18. The van der Waals surface area contributed by atoms with Crippen LogP contribution in [0.5, 0.6) is 0 Å². The number of nitrogens with two attached hydrogens (primary N) is 1. The molecule has 2 unspecified atom stereocenters. The van der Waals surface area contributed by atoms with Gasteiger partial charge < -0.3 is 10.6 Å². The lowest BCUT2D eigenvalue weighted by Crippen LogP contribution is -2.34. The molecule has 0 aliphatic carbocycles. The van der Waals surface area contributed by atoms with Crippen LogP contribution in [0.2, 0.25) is 5.02 Å². The average molecular weight is 271 g/mol. The van der Waals surface area contributed by atoms with E-state index in [1.54, 1.807) is 11.0 Å². The number of rotatable bonds is 2. The Hall–Kier alpha value is -1.13. The molecule has 1 aliphatic heterocycles. The molecule has 1 amide bonds. The number of amides is 1. The van der Waals surface area contributed by atoms with E-state index < -0.39 is 5.82 Å². The molecule has 1 aliphatic rings. The Bertz CT molecular complexity index is 466. The van der Waals surface area contributed by atoms with Gasteiger partial charge in [0.2, 0.25) is 0 Å². The van der Waals surface area contributed by atoms with E-state index in [9.17, 15) is 9.18 Å². The fourth-order valence-corrected chi connectivity index (χ4v) is 2.51. The van der Waals surface area contributed by atoms with E-state index in [1.165, 1.54) is 12.1 Å². The lowest BCUT2D eigenvalue weighted by molar-refractivity contribution is 0.0743. The van der Waals surface area contributed by atoms with Crippen LogP contribution in [-0.4, -0.2) is 29.9 Å². The Labute approximate surface area is 111 Å². The van der Waals surface area contributed by atoms with E-state index in [0.717, 1.165) is 6.42 Å². The number of likely N-dealkylation sites (tertiary alicyclic amines) is 1. The van der Waals surface area contributed by atoms with Gasteiger partial charge in [-0.2, -0.15) is 0 Å². The highest BCUT2D eigenvalue weighted by Crippen LogP contribution is 2.25. The lowest BCUT2D eigenvalue weighted by Gasteiger charge is -2.21. The second-order valence-electron chi connectivity index (χ2n) is 4.77. The fraction of sp³-hybridized carbons (Fsp3) is 0.462. The van der Waals surface area contributed by atoms with Crippen molar-refractivity contribution in [3.05, 3.63) is 34.6 Å². The molecule has 98 valence electrons. The first kappa shape index (κ1) is 13.3. The smallest absolute Gasteiger partial charge is 0.254 e. The van der Waals surface area contributed by atoms with Gasteiger partial charge in [-0.1, -0.05) is 11.6 Å². The van der Waals surface area contributed by atoms with E-state index in [1.807, 2.05) is 6.92 Å². The molecule has 0 radical (unpaired) electrons. The Morgan fingerprint density at radius 3 is 2.89 bits per heavy atom. The molecule has 0 bridgehead atoms. The first-order chi connectivity index (χ1) is 8.52. The van der Waals surface area contributed by atoms with Gasteiger partial charge >= 0.3 is 0 Å². The zero-order valence-corrected chi connectivity index (χ0v) is 11.0. The van der Waals surface area contributed by atoms with Crippen LogP contribution in [0, 0.1) is 11.7 Å². The van der Waals surface area contributed by atoms with Gasteiger partial charge in [-0.15, -0.1) is 0 Å². The minimum Gasteiger partial charge on any atom is -0.336 e. The summed E-state index contributed by atoms with van der Waals surface area (Å²) >= 11 is 5.60. The van der Waals surface area contributed by atoms with Gasteiger partial charge in [-0.05, 0) is 44.0 Å². The van der Waals surface area contributed by atoms with Crippen molar-refractivity contribution in [2.75, 3.05) is 13.1 Å². The molecule has 5 heteroatoms. The third-order valence-corrected chi connectivity index (χ3v) is 3.73. The van der Waals surface area contributed by atoms with Gasteiger partial charge in [0.15, 0.2) is 0 Å². The summed E-state index contributed by atoms with van der Waals surface area (Å²) in [6, 6.07) is 4.29. The Morgan fingerprint density at radius 1 is 1.61 bits per heavy atom. The lowest BCUT2D eigenvalue weighted by atomic mass is 10.1. The van der Waals surface area contributed by atoms with Gasteiger partial charge in [-0.25, -0.2) is 4.39 Å². The van der Waals surface area contributed by atoms with Gasteiger partial charge in [-0.3, -0.25) is 4.79 Å². The topological polar surface area (TPSA) is 46.3 Å². The molecule has 0 aromatic heterocycles. The third kappa shape index (κ3) is 2.49. The number of benzene rings is 1. The molecule has 1 saturated heterocycles. The average Bonchev–Trinajstić information content (AvgIpc) is 2.73. The summed E-state index contributed by atoms with van der Waals surface area (Å²) in [4.78, 5) is 14.0. The fourth-order valence-electron chi connectivity index (χ4n) is 2.39. The molecule has 2 N–H and O–H groups in total. The molecule has 1 aromatic carbocycles. The number of nitrogens with zero attached hydrogens (tertiary/aromatic N) is 1. The zero-order valence-electron chi connectivity index (χ0n) is 10.2. The van der Waals surface area contributed by atoms with Crippen LogP contribution in [0.3, 0.4) is 0 Å². The number of hydrogen-bond acceptors (Lipinski definition) is 2. The maximum Gasteiger partial charge on any atom is 0.254 e. The molecule has 1 aromatic rings. The van der Waals surface area contributed by atoms with Gasteiger partial charge in [0.1, 0.15) is 5.82 Å². The highest BCUT2D eigenvalue weighted by molar-refractivity contribution is 6.30. The van der Waals surface area contributed by atoms with Crippen molar-refractivity contribution in [1.82, 2.24) is 4.90 Å². The van der Waals surface area contributed by atoms with Crippen molar-refractivity contribution in [3.8, 4) is 0 Å². The van der Waals surface area contributed by atoms with Crippen molar-refractivity contribution in [2.24, 2.45) is 11.7 Å². The normalized spacial score (nSPS) is 23.4. The molecular weight excluding hydrogens is 255 g/mol. The molecule has 0 saturated carbocycles. The molecule has 2 rings (SSSR count). The van der Waals surface area contributed by atoms with E-state index >= 15 is 0 Å². The minimum atomic E-state index is -0.565. The van der Waals surface area contributed by atoms with E-state index in [0.29, 0.717) is 24.6 Å². The summed E-state index contributed by atoms with van der Waals surface area (Å²) in [6.07, 6.45) is 0.901. The van der Waals surface area contributed by atoms with Crippen molar-refractivity contribution in [1.29, 1.82) is 0 Å². The van der Waals surface area contributed by atoms with Crippen molar-refractivity contribution in [2.45, 2.75) is 19.4 Å². The van der Waals surface area contributed by atoms with Crippen LogP contribution in [0.15, 0.2) is 18.2 Å². The minimum absolute atomic E-state index is 0.0286. The Balaban J connectivity index is 2.18. The standard InChI is InChI=1S/C13H16ClFN2O/c1-8-4-9(6-16)7-17(8)13(18)10-2-3-11(14)12(15)5-10/h2-3,5,8-9H,4,6-7,16H2,1H3. The molecule has 3 nitrogen and oxygen atoms in total. The predicted molar refractivity (Wildman–Crippen MR) is 69.1 cm³/mol. The van der Waals surface area contributed by atoms with Crippen molar-refractivity contribution < 1.29 is 9.18 Å². The van der Waals surface area contributed by atoms with Crippen molar-refractivity contribution in [3.63, 3.8) is 0 Å². The summed E-state index contributed by atoms with van der Waals surface area (Å²) in [6.45, 7) is 3.20. The Morgan fingerprint density at radius 2 is 2.33 bits per heavy atom. The SMILES string of the molecule is CC1CC(CN)CN1C(=O)c1ccc(Cl)c(F)c1. The van der Waals surface area contributed by atoms with Gasteiger partial charge in [0.25, 0.3) is 5.91 Å². The van der Waals surface area contributed by atoms with Crippen LogP contribution in [0.1, 0.15) is 23.7 Å². The Kier molecular flexibility index (Phi) is 3.88. The third-order valence-electron chi connectivity index (χ3n) is 3.42. The van der Waals surface area contributed by atoms with E-state index in [-0.39, 0.29) is 17.0 Å². The molecule has 1 heterocycles. The summed E-state index contributed by atoms with van der Waals surface area (Å²) in [5.74, 6) is -0.389. The zero-order chi connectivity index (χ0) is 13.3. The predicted octanol–water partition coefficient (Wildman–Crippen LogP) is 2.29. The van der Waals surface area contributed by atoms with Crippen molar-refractivity contribution >= 4 is 17.5 Å². The van der Waals surface area contributed by atoms with Crippen LogP contribution in [0.4, 0.5) is 4.39 Å². The maximum atomic E-state index is 13.3. The summed E-state index contributed by atoms with van der Waals surface area (Å²) in [7, 11) is 0. The molecule has 2 atom stereocenters. The first-order valence-electron chi connectivity index (χ1n) is 5.99. The molecule has 1 fully saturated rings. The maximum absolute atomic E-state index is 13.3. The van der Waals surface area contributed by atoms with Crippen LogP contribution in [0.25, 0.3) is 0 Å². The van der Waals surface area contributed by atoms with Crippen LogP contribution in [-0.2, 0) is 0 Å². The van der Waals surface area contributed by atoms with Gasteiger partial charge in [0.05, 0.1) is 5.02 Å². The van der Waals surface area contributed by atoms with Crippen LogP contribution < -0.4 is 5.73 Å². The summed E-state index contributed by atoms with van der Waals surface area (Å²) in [5.41, 5.74) is 5.96. The number of carbonyl (C=O) groups excluding carboxylic acids is 1. The largest absolute Gasteiger partial charge is 0.336 e. The number of halogens is 2. The first-order valence-corrected chi connectivity index (χ1v) is 6.36. The number of carbonyl (C=O) groups is 1. The van der Waals surface area contributed by atoms with Gasteiger partial charge in [0, 0.05) is 18.2 Å². The number of hydrogen-bond donors (Lipinski definition) is 1. The second kappa shape index (κ2) is 5.24. The monoisotopic (exact) mass is 270 g/mol. The summed E-state index contributed by atoms with van der Waals surface area (Å²) in [5, 5.41) is 0.0286. The van der Waals surface area contributed by atoms with E-state index in [2.05, 4.69) is 0 Å². The summed E-state index contributed by atoms with van der Waals surface area (Å²) < 4.78 is 13.3. The molecule has 18 heavy (non-hydrogen) atoms. The molecular formula is C13H16ClFN2O. The highest BCUT2D eigenvalue weighted by atomic mass is 35.5. The van der Waals surface area contributed by atoms with Crippen LogP contribution >= 0.6 is 11.6 Å².